The van der Waals surface area contributed by atoms with E-state index in [1.807, 2.05) is 13.8 Å². The van der Waals surface area contributed by atoms with E-state index in [0.717, 1.165) is 25.3 Å². The molecule has 0 aliphatic carbocycles. The van der Waals surface area contributed by atoms with Gasteiger partial charge in [-0.3, -0.25) is 4.79 Å². The van der Waals surface area contributed by atoms with Gasteiger partial charge in [-0.25, -0.2) is 4.79 Å². The minimum atomic E-state index is -1.67. The van der Waals surface area contributed by atoms with Crippen LogP contribution in [0.3, 0.4) is 0 Å². The van der Waals surface area contributed by atoms with Gasteiger partial charge in [-0.2, -0.15) is 0 Å². The van der Waals surface area contributed by atoms with E-state index in [4.69, 9.17) is 8.85 Å². The molecule has 0 saturated carbocycles. The van der Waals surface area contributed by atoms with E-state index in [1.165, 1.54) is 0 Å². The third-order valence-electron chi connectivity index (χ3n) is 4.56. The normalized spacial score (nSPS) is 15.3. The maximum atomic E-state index is 12.2. The minimum Gasteiger partial charge on any atom is -0.465 e. The third-order valence-corrected chi connectivity index (χ3v) is 10.8. The Bertz CT molecular complexity index is 499. The average Bonchev–Trinajstić information content (AvgIpc) is 2.59. The van der Waals surface area contributed by atoms with E-state index in [9.17, 15) is 9.59 Å². The summed E-state index contributed by atoms with van der Waals surface area (Å²) in [6.45, 7) is 18.2. The van der Waals surface area contributed by atoms with Gasteiger partial charge in [0.05, 0.1) is 12.5 Å². The highest BCUT2D eigenvalue weighted by Gasteiger charge is 2.29. The van der Waals surface area contributed by atoms with Crippen LogP contribution in [0.25, 0.3) is 0 Å². The Morgan fingerprint density at radius 2 is 1.55 bits per heavy atom. The molecule has 0 saturated heterocycles. The van der Waals surface area contributed by atoms with Crippen molar-refractivity contribution in [2.45, 2.75) is 90.9 Å². The molecular formula is C20H45N3O4Si2. The Hall–Kier alpha value is -0.906. The van der Waals surface area contributed by atoms with Crippen LogP contribution in [-0.4, -0.2) is 60.9 Å². The molecule has 9 heteroatoms. The molecule has 2 amide bonds. The molecule has 7 nitrogen and oxygen atoms in total. The molecule has 0 fully saturated rings. The highest BCUT2D eigenvalue weighted by Crippen LogP contribution is 2.19. The van der Waals surface area contributed by atoms with Gasteiger partial charge in [-0.1, -0.05) is 6.92 Å². The van der Waals surface area contributed by atoms with Crippen LogP contribution in [0.4, 0.5) is 4.79 Å². The van der Waals surface area contributed by atoms with E-state index < -0.39 is 16.6 Å². The van der Waals surface area contributed by atoms with Gasteiger partial charge in [0.1, 0.15) is 0 Å². The molecule has 0 spiro atoms. The van der Waals surface area contributed by atoms with Crippen molar-refractivity contribution < 1.29 is 18.4 Å². The summed E-state index contributed by atoms with van der Waals surface area (Å²) in [6.07, 6.45) is 2.66. The summed E-state index contributed by atoms with van der Waals surface area (Å²) >= 11 is 0. The zero-order valence-electron chi connectivity index (χ0n) is 20.1. The van der Waals surface area contributed by atoms with Crippen molar-refractivity contribution in [2.75, 3.05) is 20.2 Å². The van der Waals surface area contributed by atoms with Crippen LogP contribution in [0.2, 0.25) is 38.8 Å². The van der Waals surface area contributed by atoms with Crippen LogP contribution in [0.5, 0.6) is 0 Å². The van der Waals surface area contributed by atoms with E-state index in [-0.39, 0.29) is 30.0 Å². The van der Waals surface area contributed by atoms with Gasteiger partial charge >= 0.3 is 12.0 Å². The summed E-state index contributed by atoms with van der Waals surface area (Å²) in [5.41, 5.74) is 0. The fourth-order valence-corrected chi connectivity index (χ4v) is 11.2. The Morgan fingerprint density at radius 3 is 2.10 bits per heavy atom. The number of carbonyl (C=O) groups is 2. The lowest BCUT2D eigenvalue weighted by Gasteiger charge is -2.31. The molecule has 0 aromatic heterocycles. The second-order valence-corrected chi connectivity index (χ2v) is 18.7. The van der Waals surface area contributed by atoms with E-state index in [1.54, 1.807) is 7.05 Å². The lowest BCUT2D eigenvalue weighted by atomic mass is 10.1. The smallest absolute Gasteiger partial charge is 0.314 e. The first-order chi connectivity index (χ1) is 13.3. The van der Waals surface area contributed by atoms with Gasteiger partial charge in [0.25, 0.3) is 0 Å². The van der Waals surface area contributed by atoms with Crippen molar-refractivity contribution in [3.63, 3.8) is 0 Å². The number of nitrogens with one attached hydrogen (secondary N) is 3. The Balaban J connectivity index is 4.00. The second kappa shape index (κ2) is 13.4. The van der Waals surface area contributed by atoms with Crippen LogP contribution in [0.15, 0.2) is 0 Å². The minimum absolute atomic E-state index is 0.110. The molecule has 0 bridgehead atoms. The van der Waals surface area contributed by atoms with Gasteiger partial charge in [-0.15, -0.1) is 0 Å². The topological polar surface area (TPSA) is 88.7 Å². The number of urea groups is 1. The summed E-state index contributed by atoms with van der Waals surface area (Å²) < 4.78 is 11.8. The molecule has 0 heterocycles. The maximum Gasteiger partial charge on any atom is 0.314 e. The van der Waals surface area contributed by atoms with Gasteiger partial charge in [0, 0.05) is 25.7 Å². The first-order valence-electron chi connectivity index (χ1n) is 10.8. The number of amides is 2. The SMILES string of the molecule is CNC(=O)NC(C)CCC(C)NCC(C)C(=O)OCCC[Si](C)(C)O[Si](C)(C)C. The summed E-state index contributed by atoms with van der Waals surface area (Å²) in [4.78, 5) is 23.5. The van der Waals surface area contributed by atoms with Gasteiger partial charge in [0.2, 0.25) is 0 Å². The standard InChI is InChI=1S/C20H45N3O4Si2/c1-16(15-22-17(2)11-12-18(3)23-20(25)21-4)19(24)26-13-10-14-29(8,9)27-28(5,6)7/h16-18,22H,10-15H2,1-9H3,(H2,21,23,25). The monoisotopic (exact) mass is 447 g/mol. The predicted molar refractivity (Wildman–Crippen MR) is 125 cm³/mol. The first kappa shape index (κ1) is 28.1. The summed E-state index contributed by atoms with van der Waals surface area (Å²) in [5.74, 6) is -0.327. The number of rotatable bonds is 14. The van der Waals surface area contributed by atoms with Crippen molar-refractivity contribution in [1.29, 1.82) is 0 Å². The number of esters is 1. The summed E-state index contributed by atoms with van der Waals surface area (Å²) in [6, 6.07) is 1.23. The third kappa shape index (κ3) is 15.6. The number of ether oxygens (including phenoxy) is 1. The van der Waals surface area contributed by atoms with Crippen LogP contribution in [-0.2, 0) is 13.6 Å². The van der Waals surface area contributed by atoms with Gasteiger partial charge < -0.3 is 24.8 Å². The summed E-state index contributed by atoms with van der Waals surface area (Å²) in [7, 11) is -1.58. The Kier molecular flexibility index (Phi) is 13.0. The molecule has 0 aromatic rings. The fraction of sp³-hybridized carbons (Fsp3) is 0.900. The Morgan fingerprint density at radius 1 is 0.966 bits per heavy atom. The van der Waals surface area contributed by atoms with Crippen molar-refractivity contribution >= 4 is 28.6 Å². The zero-order chi connectivity index (χ0) is 22.7. The highest BCUT2D eigenvalue weighted by molar-refractivity contribution is 6.84. The molecule has 3 atom stereocenters. The molecule has 0 rings (SSSR count). The number of carbonyl (C=O) groups excluding carboxylic acids is 2. The second-order valence-electron chi connectivity index (χ2n) is 9.66. The predicted octanol–water partition coefficient (Wildman–Crippen LogP) is 3.69. The zero-order valence-corrected chi connectivity index (χ0v) is 22.1. The van der Waals surface area contributed by atoms with Gasteiger partial charge in [-0.05, 0) is 71.9 Å². The molecule has 0 aliphatic heterocycles. The van der Waals surface area contributed by atoms with E-state index in [2.05, 4.69) is 55.6 Å². The van der Waals surface area contributed by atoms with Crippen LogP contribution in [0, 0.1) is 5.92 Å². The van der Waals surface area contributed by atoms with E-state index in [0.29, 0.717) is 13.2 Å². The fourth-order valence-electron chi connectivity index (χ4n) is 3.12. The van der Waals surface area contributed by atoms with Crippen LogP contribution >= 0.6 is 0 Å². The Labute approximate surface area is 180 Å². The number of hydrogen-bond acceptors (Lipinski definition) is 5. The quantitative estimate of drug-likeness (QED) is 0.215. The molecule has 0 aromatic carbocycles. The van der Waals surface area contributed by atoms with Crippen molar-refractivity contribution in [2.24, 2.45) is 5.92 Å². The van der Waals surface area contributed by atoms with Crippen LogP contribution < -0.4 is 16.0 Å². The van der Waals surface area contributed by atoms with E-state index >= 15 is 0 Å². The number of hydrogen-bond donors (Lipinski definition) is 3. The van der Waals surface area contributed by atoms with Crippen LogP contribution in [0.1, 0.15) is 40.0 Å². The molecule has 3 unspecified atom stereocenters. The first-order valence-corrected chi connectivity index (χ1v) is 17.4. The average molecular weight is 448 g/mol. The van der Waals surface area contributed by atoms with Crippen molar-refractivity contribution in [1.82, 2.24) is 16.0 Å². The van der Waals surface area contributed by atoms with Crippen molar-refractivity contribution in [3.8, 4) is 0 Å². The van der Waals surface area contributed by atoms with Gasteiger partial charge in [0.15, 0.2) is 16.6 Å². The molecule has 172 valence electrons. The molecule has 3 N–H and O–H groups in total. The molecule has 29 heavy (non-hydrogen) atoms. The molecular weight excluding hydrogens is 402 g/mol. The largest absolute Gasteiger partial charge is 0.465 e. The lowest BCUT2D eigenvalue weighted by Crippen LogP contribution is -2.42. The maximum absolute atomic E-state index is 12.2. The van der Waals surface area contributed by atoms with Crippen molar-refractivity contribution in [3.05, 3.63) is 0 Å². The molecule has 0 radical (unpaired) electrons. The summed E-state index contributed by atoms with van der Waals surface area (Å²) in [5, 5.41) is 8.81. The highest BCUT2D eigenvalue weighted by atomic mass is 28.4. The molecule has 0 aliphatic rings. The lowest BCUT2D eigenvalue weighted by molar-refractivity contribution is -0.147.